The molecule has 1 N–H and O–H groups in total. The minimum Gasteiger partial charge on any atom is -0.488 e. The number of benzene rings is 2. The van der Waals surface area contributed by atoms with Crippen LogP contribution >= 0.6 is 11.6 Å². The first-order valence-corrected chi connectivity index (χ1v) is 8.46. The van der Waals surface area contributed by atoms with E-state index in [1.165, 1.54) is 18.3 Å². The van der Waals surface area contributed by atoms with E-state index in [1.54, 1.807) is 35.8 Å². The Morgan fingerprint density at radius 2 is 1.93 bits per heavy atom. The molecule has 0 unspecified atom stereocenters. The maximum Gasteiger partial charge on any atom is 0.337 e. The van der Waals surface area contributed by atoms with E-state index in [9.17, 15) is 13.6 Å². The average molecular weight is 392 g/mol. The van der Waals surface area contributed by atoms with Gasteiger partial charge in [0, 0.05) is 34.1 Å². The van der Waals surface area contributed by atoms with E-state index in [-0.39, 0.29) is 17.7 Å². The van der Waals surface area contributed by atoms with Crippen LogP contribution in [0, 0.1) is 18.6 Å². The van der Waals surface area contributed by atoms with Crippen molar-refractivity contribution in [3.05, 3.63) is 87.7 Å². The van der Waals surface area contributed by atoms with Gasteiger partial charge in [0.25, 0.3) is 0 Å². The van der Waals surface area contributed by atoms with Crippen LogP contribution in [0.15, 0.2) is 48.7 Å². The minimum atomic E-state index is -1.01. The Labute approximate surface area is 159 Å². The molecule has 3 aromatic rings. The third-order valence-corrected chi connectivity index (χ3v) is 4.36. The lowest BCUT2D eigenvalue weighted by Crippen LogP contribution is -2.05. The summed E-state index contributed by atoms with van der Waals surface area (Å²) >= 11 is 6.08. The molecule has 4 nitrogen and oxygen atoms in total. The van der Waals surface area contributed by atoms with E-state index >= 15 is 0 Å². The van der Waals surface area contributed by atoms with E-state index < -0.39 is 17.6 Å². The number of rotatable bonds is 6. The molecule has 140 valence electrons. The molecule has 0 aliphatic rings. The van der Waals surface area contributed by atoms with Crippen molar-refractivity contribution in [2.75, 3.05) is 0 Å². The molecule has 0 amide bonds. The normalized spacial score (nSPS) is 10.8. The summed E-state index contributed by atoms with van der Waals surface area (Å²) in [5.41, 5.74) is 1.89. The number of nitrogens with zero attached hydrogens (tertiary/aromatic N) is 1. The monoisotopic (exact) mass is 391 g/mol. The number of halogens is 3. The Morgan fingerprint density at radius 3 is 2.59 bits per heavy atom. The first-order chi connectivity index (χ1) is 12.8. The summed E-state index contributed by atoms with van der Waals surface area (Å²) in [5, 5.41) is 9.62. The highest BCUT2D eigenvalue weighted by atomic mass is 35.5. The maximum atomic E-state index is 13.8. The Morgan fingerprint density at radius 1 is 1.15 bits per heavy atom. The van der Waals surface area contributed by atoms with Gasteiger partial charge in [-0.1, -0.05) is 11.6 Å². The number of hydrogen-bond donors (Lipinski definition) is 1. The summed E-state index contributed by atoms with van der Waals surface area (Å²) in [7, 11) is 0. The second-order valence-electron chi connectivity index (χ2n) is 6.08. The highest BCUT2D eigenvalue weighted by Crippen LogP contribution is 2.26. The van der Waals surface area contributed by atoms with Gasteiger partial charge >= 0.3 is 5.97 Å². The lowest BCUT2D eigenvalue weighted by molar-refractivity contribution is 0.0697. The molecule has 0 spiro atoms. The van der Waals surface area contributed by atoms with Crippen LogP contribution in [0.25, 0.3) is 0 Å². The Hall–Kier alpha value is -2.86. The van der Waals surface area contributed by atoms with Crippen LogP contribution in [-0.2, 0) is 13.2 Å². The van der Waals surface area contributed by atoms with Crippen LogP contribution in [-0.4, -0.2) is 15.6 Å². The van der Waals surface area contributed by atoms with Gasteiger partial charge in [0.05, 0.1) is 12.1 Å². The molecule has 0 radical (unpaired) electrons. The summed E-state index contributed by atoms with van der Waals surface area (Å²) in [4.78, 5) is 11.1. The van der Waals surface area contributed by atoms with E-state index in [0.717, 1.165) is 11.8 Å². The molecule has 0 saturated heterocycles. The summed E-state index contributed by atoms with van der Waals surface area (Å²) in [5.74, 6) is -1.86. The molecular weight excluding hydrogens is 376 g/mol. The van der Waals surface area contributed by atoms with Gasteiger partial charge in [-0.2, -0.15) is 0 Å². The average Bonchev–Trinajstić information content (AvgIpc) is 2.97. The Balaban J connectivity index is 1.84. The number of carbonyl (C=O) groups is 1. The third kappa shape index (κ3) is 4.46. The zero-order chi connectivity index (χ0) is 19.6. The molecule has 0 saturated carbocycles. The molecule has 0 bridgehead atoms. The number of aromatic carboxylic acids is 1. The van der Waals surface area contributed by atoms with Crippen LogP contribution in [0.4, 0.5) is 8.78 Å². The summed E-state index contributed by atoms with van der Waals surface area (Å²) in [6.07, 6.45) is 1.53. The smallest absolute Gasteiger partial charge is 0.337 e. The molecule has 2 aromatic carbocycles. The van der Waals surface area contributed by atoms with Crippen LogP contribution in [0.2, 0.25) is 5.02 Å². The molecule has 0 aliphatic heterocycles. The van der Waals surface area contributed by atoms with Crippen molar-refractivity contribution in [2.24, 2.45) is 0 Å². The third-order valence-electron chi connectivity index (χ3n) is 4.12. The summed E-state index contributed by atoms with van der Waals surface area (Å²) < 4.78 is 34.3. The Bertz CT molecular complexity index is 1000. The fourth-order valence-electron chi connectivity index (χ4n) is 2.69. The van der Waals surface area contributed by atoms with Crippen LogP contribution in [0.1, 0.15) is 27.2 Å². The van der Waals surface area contributed by atoms with E-state index in [4.69, 9.17) is 21.4 Å². The molecule has 0 aliphatic carbocycles. The molecule has 0 fully saturated rings. The number of hydrogen-bond acceptors (Lipinski definition) is 2. The second-order valence-corrected chi connectivity index (χ2v) is 6.52. The topological polar surface area (TPSA) is 51.5 Å². The number of aromatic nitrogens is 1. The minimum absolute atomic E-state index is 0.0776. The lowest BCUT2D eigenvalue weighted by atomic mass is 10.2. The maximum absolute atomic E-state index is 13.8. The van der Waals surface area contributed by atoms with Crippen LogP contribution < -0.4 is 4.74 Å². The first-order valence-electron chi connectivity index (χ1n) is 8.08. The van der Waals surface area contributed by atoms with Gasteiger partial charge < -0.3 is 14.4 Å². The first kappa shape index (κ1) is 18.9. The lowest BCUT2D eigenvalue weighted by Gasteiger charge is -2.14. The van der Waals surface area contributed by atoms with Gasteiger partial charge in [0.2, 0.25) is 0 Å². The van der Waals surface area contributed by atoms with Crippen molar-refractivity contribution in [1.29, 1.82) is 0 Å². The highest BCUT2D eigenvalue weighted by molar-refractivity contribution is 6.30. The molecule has 1 aromatic heterocycles. The fraction of sp³-hybridized carbons (Fsp3) is 0.150. The number of carboxylic acid groups (broad SMARTS) is 1. The van der Waals surface area contributed by atoms with Gasteiger partial charge in [-0.05, 0) is 43.3 Å². The molecule has 7 heteroatoms. The predicted octanol–water partition coefficient (Wildman–Crippen LogP) is 5.05. The Kier molecular flexibility index (Phi) is 5.46. The quantitative estimate of drug-likeness (QED) is 0.639. The highest BCUT2D eigenvalue weighted by Gasteiger charge is 2.12. The van der Waals surface area contributed by atoms with Crippen molar-refractivity contribution < 1.29 is 23.4 Å². The second kappa shape index (κ2) is 7.80. The van der Waals surface area contributed by atoms with Gasteiger partial charge in [-0.3, -0.25) is 0 Å². The van der Waals surface area contributed by atoms with Crippen molar-refractivity contribution in [3.8, 4) is 5.75 Å². The van der Waals surface area contributed by atoms with Crippen LogP contribution in [0.5, 0.6) is 5.75 Å². The van der Waals surface area contributed by atoms with Gasteiger partial charge in [0.15, 0.2) is 0 Å². The predicted molar refractivity (Wildman–Crippen MR) is 97.4 cm³/mol. The van der Waals surface area contributed by atoms with Gasteiger partial charge in [0.1, 0.15) is 24.0 Å². The van der Waals surface area contributed by atoms with E-state index in [1.807, 2.05) is 0 Å². The van der Waals surface area contributed by atoms with Crippen molar-refractivity contribution >= 4 is 17.6 Å². The van der Waals surface area contributed by atoms with Gasteiger partial charge in [-0.15, -0.1) is 0 Å². The van der Waals surface area contributed by atoms with Gasteiger partial charge in [-0.25, -0.2) is 13.6 Å². The molecule has 3 rings (SSSR count). The molecular formula is C20H16ClF2NO3. The van der Waals surface area contributed by atoms with Crippen molar-refractivity contribution in [1.82, 2.24) is 4.57 Å². The number of carboxylic acids is 1. The molecule has 0 atom stereocenters. The summed E-state index contributed by atoms with van der Waals surface area (Å²) in [6.45, 7) is 2.05. The van der Waals surface area contributed by atoms with Crippen molar-refractivity contribution in [3.63, 3.8) is 0 Å². The molecule has 27 heavy (non-hydrogen) atoms. The number of ether oxygens (including phenoxy) is 1. The van der Waals surface area contributed by atoms with E-state index in [0.29, 0.717) is 22.9 Å². The SMILES string of the molecule is Cc1cc(C(=O)O)cn1Cc1cc(Cl)ccc1OCc1ccc(F)cc1F. The fourth-order valence-corrected chi connectivity index (χ4v) is 2.89. The molecule has 1 heterocycles. The zero-order valence-corrected chi connectivity index (χ0v) is 15.1. The largest absolute Gasteiger partial charge is 0.488 e. The standard InChI is InChI=1S/C20H16ClF2NO3/c1-12-6-15(20(25)26)10-24(12)9-14-7-16(21)3-5-19(14)27-11-13-2-4-17(22)8-18(13)23/h2-8,10H,9,11H2,1H3,(H,25,26). The number of aryl methyl sites for hydroxylation is 1. The van der Waals surface area contributed by atoms with E-state index in [2.05, 4.69) is 0 Å². The van der Waals surface area contributed by atoms with Crippen LogP contribution in [0.3, 0.4) is 0 Å². The summed E-state index contributed by atoms with van der Waals surface area (Å²) in [6, 6.07) is 9.89. The zero-order valence-electron chi connectivity index (χ0n) is 14.4. The van der Waals surface area contributed by atoms with Crippen molar-refractivity contribution in [2.45, 2.75) is 20.1 Å².